The molecule has 0 aliphatic rings. The number of hydrogen-bond donors (Lipinski definition) is 0. The minimum Gasteiger partial charge on any atom is -0.497 e. The molecule has 0 fully saturated rings. The lowest BCUT2D eigenvalue weighted by atomic mass is 9.92. The molecule has 0 bridgehead atoms. The minimum absolute atomic E-state index is 0.606. The summed E-state index contributed by atoms with van der Waals surface area (Å²) in [5.74, 6) is 1.55. The van der Waals surface area contributed by atoms with Crippen LogP contribution in [0.3, 0.4) is 0 Å². The summed E-state index contributed by atoms with van der Waals surface area (Å²) in [7, 11) is 6.01. The van der Waals surface area contributed by atoms with E-state index in [2.05, 4.69) is 67.5 Å². The molecule has 1 unspecified atom stereocenters. The summed E-state index contributed by atoms with van der Waals surface area (Å²) in [5.41, 5.74) is 2.75. The fourth-order valence-corrected chi connectivity index (χ4v) is 2.80. The molecule has 1 atom stereocenters. The van der Waals surface area contributed by atoms with Gasteiger partial charge in [-0.25, -0.2) is 0 Å². The van der Waals surface area contributed by atoms with Crippen molar-refractivity contribution in [3.8, 4) is 5.75 Å². The van der Waals surface area contributed by atoms with Crippen LogP contribution in [0.5, 0.6) is 5.75 Å². The van der Waals surface area contributed by atoms with Gasteiger partial charge in [0.1, 0.15) is 5.75 Å². The molecule has 0 amide bonds. The Hall–Kier alpha value is -1.80. The standard InChI is InChI=1S/C19H25NO/c1-20(2)15-18(12-16-8-5-4-6-9-16)13-17-10-7-11-19(14-17)21-3/h4-11,14,18H,12-13,15H2,1-3H3. The molecule has 112 valence electrons. The van der Waals surface area contributed by atoms with Gasteiger partial charge in [0.2, 0.25) is 0 Å². The molecule has 2 heteroatoms. The number of benzene rings is 2. The van der Waals surface area contributed by atoms with Gasteiger partial charge in [0, 0.05) is 6.54 Å². The van der Waals surface area contributed by atoms with Crippen molar-refractivity contribution in [3.63, 3.8) is 0 Å². The maximum atomic E-state index is 5.33. The molecule has 0 saturated heterocycles. The van der Waals surface area contributed by atoms with Crippen molar-refractivity contribution in [2.24, 2.45) is 5.92 Å². The topological polar surface area (TPSA) is 12.5 Å². The van der Waals surface area contributed by atoms with Crippen LogP contribution in [-0.2, 0) is 12.8 Å². The molecule has 0 spiro atoms. The van der Waals surface area contributed by atoms with Crippen molar-refractivity contribution >= 4 is 0 Å². The second-order valence-corrected chi connectivity index (χ2v) is 5.87. The van der Waals surface area contributed by atoms with Gasteiger partial charge >= 0.3 is 0 Å². The summed E-state index contributed by atoms with van der Waals surface area (Å²) in [6.07, 6.45) is 2.18. The first kappa shape index (κ1) is 15.6. The van der Waals surface area contributed by atoms with E-state index in [0.717, 1.165) is 25.1 Å². The largest absolute Gasteiger partial charge is 0.497 e. The first-order chi connectivity index (χ1) is 10.2. The molecule has 21 heavy (non-hydrogen) atoms. The zero-order valence-corrected chi connectivity index (χ0v) is 13.3. The quantitative estimate of drug-likeness (QED) is 0.769. The van der Waals surface area contributed by atoms with Crippen LogP contribution in [0.2, 0.25) is 0 Å². The Morgan fingerprint density at radius 3 is 2.24 bits per heavy atom. The van der Waals surface area contributed by atoms with Gasteiger partial charge in [-0.3, -0.25) is 0 Å². The predicted molar refractivity (Wildman–Crippen MR) is 88.9 cm³/mol. The monoisotopic (exact) mass is 283 g/mol. The lowest BCUT2D eigenvalue weighted by Gasteiger charge is -2.21. The smallest absolute Gasteiger partial charge is 0.119 e. The minimum atomic E-state index is 0.606. The zero-order valence-electron chi connectivity index (χ0n) is 13.3. The van der Waals surface area contributed by atoms with Crippen molar-refractivity contribution < 1.29 is 4.74 Å². The number of methoxy groups -OCH3 is 1. The van der Waals surface area contributed by atoms with E-state index in [4.69, 9.17) is 4.74 Å². The molecule has 0 radical (unpaired) electrons. The Labute approximate surface area is 128 Å². The molecular weight excluding hydrogens is 258 g/mol. The number of rotatable bonds is 7. The highest BCUT2D eigenvalue weighted by atomic mass is 16.5. The van der Waals surface area contributed by atoms with Crippen LogP contribution in [-0.4, -0.2) is 32.6 Å². The van der Waals surface area contributed by atoms with Gasteiger partial charge in [-0.05, 0) is 56.1 Å². The summed E-state index contributed by atoms with van der Waals surface area (Å²) in [4.78, 5) is 2.27. The van der Waals surface area contributed by atoms with Crippen LogP contribution in [0.4, 0.5) is 0 Å². The lowest BCUT2D eigenvalue weighted by molar-refractivity contribution is 0.321. The van der Waals surface area contributed by atoms with E-state index in [1.54, 1.807) is 7.11 Å². The third kappa shape index (κ3) is 5.24. The Kier molecular flexibility index (Phi) is 5.82. The van der Waals surface area contributed by atoms with E-state index in [0.29, 0.717) is 5.92 Å². The van der Waals surface area contributed by atoms with Crippen molar-refractivity contribution in [2.45, 2.75) is 12.8 Å². The molecule has 0 heterocycles. The molecule has 0 N–H and O–H groups in total. The van der Waals surface area contributed by atoms with Gasteiger partial charge in [-0.1, -0.05) is 42.5 Å². The van der Waals surface area contributed by atoms with Crippen molar-refractivity contribution in [1.82, 2.24) is 4.90 Å². The highest BCUT2D eigenvalue weighted by Gasteiger charge is 2.12. The number of nitrogens with zero attached hydrogens (tertiary/aromatic N) is 1. The summed E-state index contributed by atoms with van der Waals surface area (Å²) in [6, 6.07) is 19.2. The Bertz CT molecular complexity index is 536. The normalized spacial score (nSPS) is 12.4. The Balaban J connectivity index is 2.08. The summed E-state index contributed by atoms with van der Waals surface area (Å²) in [6.45, 7) is 1.09. The van der Waals surface area contributed by atoms with Crippen LogP contribution in [0.15, 0.2) is 54.6 Å². The molecule has 2 aromatic rings. The molecule has 0 aromatic heterocycles. The van der Waals surface area contributed by atoms with E-state index in [1.165, 1.54) is 11.1 Å². The van der Waals surface area contributed by atoms with E-state index in [9.17, 15) is 0 Å². The van der Waals surface area contributed by atoms with Crippen LogP contribution in [0.1, 0.15) is 11.1 Å². The average Bonchev–Trinajstić information content (AvgIpc) is 2.48. The summed E-state index contributed by atoms with van der Waals surface area (Å²) >= 11 is 0. The SMILES string of the molecule is COc1cccc(CC(Cc2ccccc2)CN(C)C)c1. The van der Waals surface area contributed by atoms with E-state index >= 15 is 0 Å². The van der Waals surface area contributed by atoms with E-state index < -0.39 is 0 Å². The highest BCUT2D eigenvalue weighted by Crippen LogP contribution is 2.19. The zero-order chi connectivity index (χ0) is 15.1. The molecular formula is C19H25NO. The molecule has 0 aliphatic carbocycles. The van der Waals surface area contributed by atoms with Crippen molar-refractivity contribution in [3.05, 3.63) is 65.7 Å². The van der Waals surface area contributed by atoms with Crippen LogP contribution in [0.25, 0.3) is 0 Å². The lowest BCUT2D eigenvalue weighted by Crippen LogP contribution is -2.25. The second-order valence-electron chi connectivity index (χ2n) is 5.87. The van der Waals surface area contributed by atoms with Crippen molar-refractivity contribution in [2.75, 3.05) is 27.7 Å². The first-order valence-electron chi connectivity index (χ1n) is 7.49. The average molecular weight is 283 g/mol. The fraction of sp³-hybridized carbons (Fsp3) is 0.368. The number of ether oxygens (including phenoxy) is 1. The van der Waals surface area contributed by atoms with Gasteiger partial charge < -0.3 is 9.64 Å². The molecule has 2 rings (SSSR count). The Morgan fingerprint density at radius 2 is 1.57 bits per heavy atom. The third-order valence-electron chi connectivity index (χ3n) is 3.65. The maximum Gasteiger partial charge on any atom is 0.119 e. The van der Waals surface area contributed by atoms with Crippen molar-refractivity contribution in [1.29, 1.82) is 0 Å². The second kappa shape index (κ2) is 7.84. The van der Waals surface area contributed by atoms with E-state index in [1.807, 2.05) is 6.07 Å². The molecule has 0 saturated carbocycles. The maximum absolute atomic E-state index is 5.33. The van der Waals surface area contributed by atoms with Crippen LogP contribution >= 0.6 is 0 Å². The van der Waals surface area contributed by atoms with Gasteiger partial charge in [0.15, 0.2) is 0 Å². The van der Waals surface area contributed by atoms with Gasteiger partial charge in [0.25, 0.3) is 0 Å². The summed E-state index contributed by atoms with van der Waals surface area (Å²) in [5, 5.41) is 0. The van der Waals surface area contributed by atoms with Gasteiger partial charge in [-0.2, -0.15) is 0 Å². The first-order valence-corrected chi connectivity index (χ1v) is 7.49. The molecule has 2 aromatic carbocycles. The summed E-state index contributed by atoms with van der Waals surface area (Å²) < 4.78 is 5.33. The number of hydrogen-bond acceptors (Lipinski definition) is 2. The van der Waals surface area contributed by atoms with Crippen LogP contribution < -0.4 is 4.74 Å². The molecule has 2 nitrogen and oxygen atoms in total. The fourth-order valence-electron chi connectivity index (χ4n) is 2.80. The Morgan fingerprint density at radius 1 is 0.905 bits per heavy atom. The van der Waals surface area contributed by atoms with E-state index in [-0.39, 0.29) is 0 Å². The van der Waals surface area contributed by atoms with Gasteiger partial charge in [-0.15, -0.1) is 0 Å². The molecule has 0 aliphatic heterocycles. The predicted octanol–water partition coefficient (Wildman–Crippen LogP) is 3.66. The van der Waals surface area contributed by atoms with Gasteiger partial charge in [0.05, 0.1) is 7.11 Å². The highest BCUT2D eigenvalue weighted by molar-refractivity contribution is 5.29. The third-order valence-corrected chi connectivity index (χ3v) is 3.65. The van der Waals surface area contributed by atoms with Crippen LogP contribution in [0, 0.1) is 5.92 Å².